The number of para-hydroxylation sites is 1. The molecule has 0 aliphatic carbocycles. The summed E-state index contributed by atoms with van der Waals surface area (Å²) in [5.41, 5.74) is 1.02. The standard InChI is InChI=1S/C21H21NO6/c1-13(11-23)22-19(24)12-27-16-8-6-14(7-9-16)17-10-15-4-3-5-18(26-2)20(15)28-21(17)25/h3-10,13,23H,11-12H2,1-2H3,(H,22,24)/t13-/m0/s1. The molecule has 0 unspecified atom stereocenters. The summed E-state index contributed by atoms with van der Waals surface area (Å²) >= 11 is 0. The average Bonchev–Trinajstić information content (AvgIpc) is 2.71. The van der Waals surface area contributed by atoms with Crippen LogP contribution in [0.3, 0.4) is 0 Å². The molecule has 7 nitrogen and oxygen atoms in total. The normalized spacial score (nSPS) is 11.8. The first-order chi connectivity index (χ1) is 13.5. The first-order valence-electron chi connectivity index (χ1n) is 8.76. The van der Waals surface area contributed by atoms with Crippen molar-refractivity contribution in [2.75, 3.05) is 20.3 Å². The fourth-order valence-corrected chi connectivity index (χ4v) is 2.72. The van der Waals surface area contributed by atoms with Gasteiger partial charge in [0.1, 0.15) is 5.75 Å². The van der Waals surface area contributed by atoms with Crippen LogP contribution in [0.2, 0.25) is 0 Å². The van der Waals surface area contributed by atoms with Crippen molar-refractivity contribution in [1.82, 2.24) is 5.32 Å². The van der Waals surface area contributed by atoms with Gasteiger partial charge in [-0.2, -0.15) is 0 Å². The van der Waals surface area contributed by atoms with Gasteiger partial charge in [-0.05, 0) is 36.8 Å². The van der Waals surface area contributed by atoms with E-state index in [9.17, 15) is 9.59 Å². The van der Waals surface area contributed by atoms with Crippen LogP contribution in [0.5, 0.6) is 11.5 Å². The third-order valence-electron chi connectivity index (χ3n) is 4.16. The van der Waals surface area contributed by atoms with Gasteiger partial charge < -0.3 is 24.3 Å². The van der Waals surface area contributed by atoms with Gasteiger partial charge in [0, 0.05) is 11.4 Å². The minimum Gasteiger partial charge on any atom is -0.493 e. The zero-order valence-corrected chi connectivity index (χ0v) is 15.6. The second-order valence-corrected chi connectivity index (χ2v) is 6.29. The second kappa shape index (κ2) is 8.58. The van der Waals surface area contributed by atoms with E-state index in [4.69, 9.17) is 19.0 Å². The largest absolute Gasteiger partial charge is 0.493 e. The smallest absolute Gasteiger partial charge is 0.344 e. The van der Waals surface area contributed by atoms with E-state index in [-0.39, 0.29) is 25.2 Å². The number of hydrogen-bond acceptors (Lipinski definition) is 6. The fourth-order valence-electron chi connectivity index (χ4n) is 2.72. The molecule has 28 heavy (non-hydrogen) atoms. The number of aliphatic hydroxyl groups excluding tert-OH is 1. The van der Waals surface area contributed by atoms with Crippen molar-refractivity contribution in [2.45, 2.75) is 13.0 Å². The molecule has 0 saturated carbocycles. The van der Waals surface area contributed by atoms with Crippen molar-refractivity contribution in [3.8, 4) is 22.6 Å². The lowest BCUT2D eigenvalue weighted by molar-refractivity contribution is -0.123. The maximum atomic E-state index is 12.4. The van der Waals surface area contributed by atoms with Gasteiger partial charge in [0.15, 0.2) is 17.9 Å². The van der Waals surface area contributed by atoms with Crippen LogP contribution in [0, 0.1) is 0 Å². The topological polar surface area (TPSA) is 98.0 Å². The average molecular weight is 383 g/mol. The van der Waals surface area contributed by atoms with Crippen LogP contribution in [0.4, 0.5) is 0 Å². The zero-order chi connectivity index (χ0) is 20.1. The number of ether oxygens (including phenoxy) is 2. The minimum absolute atomic E-state index is 0.138. The Labute approximate surface area is 161 Å². The van der Waals surface area contributed by atoms with Gasteiger partial charge in [-0.15, -0.1) is 0 Å². The van der Waals surface area contributed by atoms with Gasteiger partial charge in [-0.1, -0.05) is 24.3 Å². The number of fused-ring (bicyclic) bond motifs is 1. The molecule has 3 rings (SSSR count). The van der Waals surface area contributed by atoms with Crippen molar-refractivity contribution >= 4 is 16.9 Å². The Bertz CT molecular complexity index is 1030. The number of carbonyl (C=O) groups is 1. The summed E-state index contributed by atoms with van der Waals surface area (Å²) in [6.45, 7) is 1.39. The van der Waals surface area contributed by atoms with Gasteiger partial charge in [0.25, 0.3) is 5.91 Å². The molecular formula is C21H21NO6. The predicted molar refractivity (Wildman–Crippen MR) is 105 cm³/mol. The molecule has 1 heterocycles. The van der Waals surface area contributed by atoms with Gasteiger partial charge in [-0.25, -0.2) is 4.79 Å². The Morgan fingerprint density at radius 1 is 1.21 bits per heavy atom. The van der Waals surface area contributed by atoms with E-state index < -0.39 is 5.63 Å². The van der Waals surface area contributed by atoms with Gasteiger partial charge in [0.05, 0.1) is 19.3 Å². The van der Waals surface area contributed by atoms with Crippen molar-refractivity contribution in [1.29, 1.82) is 0 Å². The van der Waals surface area contributed by atoms with Crippen LogP contribution in [0.1, 0.15) is 6.92 Å². The van der Waals surface area contributed by atoms with Crippen molar-refractivity contribution in [3.63, 3.8) is 0 Å². The molecule has 7 heteroatoms. The number of hydrogen-bond donors (Lipinski definition) is 2. The number of aliphatic hydroxyl groups is 1. The Hall–Kier alpha value is -3.32. The Morgan fingerprint density at radius 2 is 1.96 bits per heavy atom. The first kappa shape index (κ1) is 19.4. The third kappa shape index (κ3) is 4.32. The molecule has 1 aromatic heterocycles. The molecule has 2 N–H and O–H groups in total. The highest BCUT2D eigenvalue weighted by Crippen LogP contribution is 2.28. The van der Waals surface area contributed by atoms with E-state index >= 15 is 0 Å². The molecule has 3 aromatic rings. The van der Waals surface area contributed by atoms with Crippen molar-refractivity contribution in [2.24, 2.45) is 0 Å². The maximum Gasteiger partial charge on any atom is 0.344 e. The van der Waals surface area contributed by atoms with Gasteiger partial charge in [0.2, 0.25) is 0 Å². The van der Waals surface area contributed by atoms with Crippen LogP contribution < -0.4 is 20.4 Å². The summed E-state index contributed by atoms with van der Waals surface area (Å²) < 4.78 is 16.1. The molecule has 0 aliphatic heterocycles. The first-order valence-corrected chi connectivity index (χ1v) is 8.76. The molecule has 0 radical (unpaired) electrons. The Morgan fingerprint density at radius 3 is 2.64 bits per heavy atom. The zero-order valence-electron chi connectivity index (χ0n) is 15.6. The lowest BCUT2D eigenvalue weighted by Crippen LogP contribution is -2.38. The Balaban J connectivity index is 1.77. The number of nitrogens with one attached hydrogen (secondary N) is 1. The molecule has 1 amide bonds. The summed E-state index contributed by atoms with van der Waals surface area (Å²) in [5, 5.41) is 12.3. The summed E-state index contributed by atoms with van der Waals surface area (Å²) in [5.74, 6) is 0.663. The van der Waals surface area contributed by atoms with E-state index in [0.29, 0.717) is 28.2 Å². The highest BCUT2D eigenvalue weighted by atomic mass is 16.5. The van der Waals surface area contributed by atoms with Crippen molar-refractivity contribution < 1.29 is 23.8 Å². The molecule has 0 aliphatic rings. The van der Waals surface area contributed by atoms with Gasteiger partial charge >= 0.3 is 5.63 Å². The molecule has 0 fully saturated rings. The van der Waals surface area contributed by atoms with Crippen LogP contribution in [-0.2, 0) is 4.79 Å². The quantitative estimate of drug-likeness (QED) is 0.608. The highest BCUT2D eigenvalue weighted by Gasteiger charge is 2.12. The monoisotopic (exact) mass is 383 g/mol. The van der Waals surface area contributed by atoms with Crippen LogP contribution in [0.15, 0.2) is 57.7 Å². The summed E-state index contributed by atoms with van der Waals surface area (Å²) in [7, 11) is 1.52. The SMILES string of the molecule is COc1cccc2cc(-c3ccc(OCC(=O)N[C@@H](C)CO)cc3)c(=O)oc12. The lowest BCUT2D eigenvalue weighted by Gasteiger charge is -2.11. The number of methoxy groups -OCH3 is 1. The fraction of sp³-hybridized carbons (Fsp3) is 0.238. The maximum absolute atomic E-state index is 12.4. The Kier molecular flexibility index (Phi) is 5.96. The van der Waals surface area contributed by atoms with Gasteiger partial charge in [-0.3, -0.25) is 4.79 Å². The molecule has 1 atom stereocenters. The molecule has 2 aromatic carbocycles. The molecular weight excluding hydrogens is 362 g/mol. The summed E-state index contributed by atoms with van der Waals surface area (Å²) in [6, 6.07) is 13.6. The van der Waals surface area contributed by atoms with Crippen molar-refractivity contribution in [3.05, 3.63) is 59.0 Å². The van der Waals surface area contributed by atoms with E-state index in [1.54, 1.807) is 43.3 Å². The molecule has 0 bridgehead atoms. The van der Waals surface area contributed by atoms with Crippen LogP contribution >= 0.6 is 0 Å². The summed E-state index contributed by atoms with van der Waals surface area (Å²) in [4.78, 5) is 24.1. The molecule has 0 saturated heterocycles. The van der Waals surface area contributed by atoms with E-state index in [1.807, 2.05) is 12.1 Å². The molecule has 146 valence electrons. The minimum atomic E-state index is -0.469. The number of carbonyl (C=O) groups excluding carboxylic acids is 1. The third-order valence-corrected chi connectivity index (χ3v) is 4.16. The van der Waals surface area contributed by atoms with Crippen LogP contribution in [-0.4, -0.2) is 37.4 Å². The highest BCUT2D eigenvalue weighted by molar-refractivity contribution is 5.86. The lowest BCUT2D eigenvalue weighted by atomic mass is 10.1. The number of benzene rings is 2. The summed E-state index contributed by atoms with van der Waals surface area (Å²) in [6.07, 6.45) is 0. The molecule has 0 spiro atoms. The van der Waals surface area contributed by atoms with E-state index in [0.717, 1.165) is 5.39 Å². The van der Waals surface area contributed by atoms with Crippen LogP contribution in [0.25, 0.3) is 22.1 Å². The van der Waals surface area contributed by atoms with E-state index in [1.165, 1.54) is 7.11 Å². The van der Waals surface area contributed by atoms with E-state index in [2.05, 4.69) is 5.32 Å². The number of amides is 1. The number of rotatable bonds is 7. The second-order valence-electron chi connectivity index (χ2n) is 6.29. The predicted octanol–water partition coefficient (Wildman–Crippen LogP) is 2.34.